The number of hydrogen-bond donors (Lipinski definition) is 0. The van der Waals surface area contributed by atoms with Gasteiger partial charge in [-0.05, 0) is 398 Å². The summed E-state index contributed by atoms with van der Waals surface area (Å²) in [6, 6.07) is 0. The third kappa shape index (κ3) is 58.0. The van der Waals surface area contributed by atoms with Crippen LogP contribution in [0, 0.1) is 0 Å². The summed E-state index contributed by atoms with van der Waals surface area (Å²) in [4.78, 5) is 0. The van der Waals surface area contributed by atoms with E-state index in [1.54, 1.807) is 0 Å². The van der Waals surface area contributed by atoms with Gasteiger partial charge in [-0.2, -0.15) is 0 Å². The van der Waals surface area contributed by atoms with Gasteiger partial charge in [0.25, 0.3) is 0 Å². The van der Waals surface area contributed by atoms with E-state index in [1.807, 2.05) is 0 Å². The highest BCUT2D eigenvalue weighted by Crippen LogP contribution is 3.56. The van der Waals surface area contributed by atoms with Gasteiger partial charge < -0.3 is 0 Å². The molecule has 61 unspecified atom stereocenters. The van der Waals surface area contributed by atoms with E-state index in [2.05, 4.69) is 509 Å². The zero-order chi connectivity index (χ0) is 91.9. The molecular weight excluding hydrogens is 3590 g/mol. The first-order valence-electron chi connectivity index (χ1n) is 26.4. The summed E-state index contributed by atoms with van der Waals surface area (Å²) in [5, 5.41) is 0. The van der Waals surface area contributed by atoms with Crippen molar-refractivity contribution in [2.45, 2.75) is 0 Å². The van der Waals surface area contributed by atoms with Crippen molar-refractivity contribution in [3.8, 4) is 0 Å². The molecule has 0 aliphatic heterocycles. The van der Waals surface area contributed by atoms with Crippen molar-refractivity contribution in [3.63, 3.8) is 0 Å². The Hall–Kier alpha value is 49.9. The van der Waals surface area contributed by atoms with Crippen LogP contribution in [0.3, 0.4) is 0 Å². The molecule has 0 bridgehead atoms. The summed E-state index contributed by atoms with van der Waals surface area (Å²) in [6.45, 7) is -31.4. The highest BCUT2D eigenvalue weighted by molar-refractivity contribution is 9.62. The molecule has 0 heterocycles. The van der Waals surface area contributed by atoms with Crippen LogP contribution in [0.15, 0.2) is 0 Å². The van der Waals surface area contributed by atoms with Gasteiger partial charge >= 0.3 is 0 Å². The van der Waals surface area contributed by atoms with Crippen LogP contribution in [0.5, 0.6) is 0 Å². The molecule has 0 amide bonds. The number of hydrogen-bond acceptors (Lipinski definition) is 0. The van der Waals surface area contributed by atoms with Gasteiger partial charge in [-0.1, -0.05) is 17.9 Å². The topological polar surface area (TPSA) is 0 Å². The van der Waals surface area contributed by atoms with Crippen molar-refractivity contribution in [1.82, 2.24) is 0 Å². The van der Waals surface area contributed by atoms with E-state index in [-0.39, 0.29) is 0 Å². The van der Waals surface area contributed by atoms with Crippen LogP contribution in [-0.2, 0) is 0 Å². The number of rotatable bonds is 56. The zero-order valence-corrected chi connectivity index (χ0v) is 178. The van der Waals surface area contributed by atoms with Crippen LogP contribution >= 0.6 is 925 Å². The third-order valence-corrected chi connectivity index (χ3v) is 837. The lowest BCUT2D eigenvalue weighted by atomic mass is 28.3. The Morgan fingerprint density at radius 1 is 0.0776 bits per heavy atom. The Balaban J connectivity index is 16.2. The van der Waals surface area contributed by atoms with Crippen molar-refractivity contribution in [3.05, 3.63) is 0 Å². The second kappa shape index (κ2) is 90.8. The van der Waals surface area contributed by atoms with E-state index < -0.39 is 398 Å². The van der Waals surface area contributed by atoms with Crippen LogP contribution in [0.4, 0.5) is 0 Å². The van der Waals surface area contributed by atoms with Crippen molar-refractivity contribution < 1.29 is 0 Å². The Morgan fingerprint density at radius 3 is 0.190 bits per heavy atom. The SMILES string of the molecule is [PH]P([PH])P(P)P(P(P(P)P)P(P)P)P(P(P(P)P)P(P)P)P(P(P(P(P(P)P)P(P)P)P(P(P)P)P(P)P)P(P(P(P)P)P(P)P)P(P(P)P)P(P)P)P(P(P(P(P(P)P)P(P)P)P(P(P)P)P(P)P)P(P(P(P)P)P(P)P)P(P(P)P)P(P)P)P(P(P(P(P)P)P(P)P)P(P(P)P)P(P)P)P(P(P(P)P)P(P)P)P(P(P)P)P(P)P. The molecule has 116 heteroatoms. The molecule has 0 rings (SSSR count). The molecule has 0 saturated carbocycles. The lowest BCUT2D eigenvalue weighted by molar-refractivity contribution is 4.28. The summed E-state index contributed by atoms with van der Waals surface area (Å²) in [7, 11) is 231. The maximum atomic E-state index is 4.99. The van der Waals surface area contributed by atoms with E-state index in [0.29, 0.717) is 0 Å². The highest BCUT2D eigenvalue weighted by atomic mass is 33.7. The van der Waals surface area contributed by atoms with E-state index >= 15 is 0 Å². The van der Waals surface area contributed by atoms with E-state index in [9.17, 15) is 0 Å². The second-order valence-electron chi connectivity index (χ2n) is 18.5. The fourth-order valence-corrected chi connectivity index (χ4v) is 1740. The molecule has 0 N–H and O–H groups in total. The molecule has 0 fully saturated rings. The van der Waals surface area contributed by atoms with Crippen LogP contribution in [0.25, 0.3) is 0 Å². The molecule has 0 aromatic rings. The highest BCUT2D eigenvalue weighted by Gasteiger charge is 2.69. The molecule has 0 spiro atoms. The van der Waals surface area contributed by atoms with E-state index in [0.717, 1.165) is 0 Å². The summed E-state index contributed by atoms with van der Waals surface area (Å²) in [5.41, 5.74) is 0. The van der Waals surface area contributed by atoms with Crippen LogP contribution in [0.2, 0.25) is 0 Å². The summed E-state index contributed by atoms with van der Waals surface area (Å²) in [6.07, 6.45) is 0. The Labute approximate surface area is 909 Å². The molecule has 0 nitrogen and oxygen atoms in total. The normalized spacial score (nSPS) is 15.7. The quantitative estimate of drug-likeness (QED) is 0.0533. The molecule has 696 valence electrons. The van der Waals surface area contributed by atoms with Crippen LogP contribution in [0.1, 0.15) is 0 Å². The first kappa shape index (κ1) is 166. The predicted molar refractivity (Wildman–Crippen MR) is 965 cm³/mol. The van der Waals surface area contributed by atoms with Gasteiger partial charge in [0.05, 0.1) is 0 Å². The molecule has 0 aromatic carbocycles. The lowest BCUT2D eigenvalue weighted by Gasteiger charge is -2.65. The fraction of sp³-hybridized carbons (Fsp3) is 0. The van der Waals surface area contributed by atoms with Gasteiger partial charge in [0, 0.05) is 0 Å². The monoisotopic (exact) mass is 3710 g/mol. The van der Waals surface area contributed by atoms with E-state index in [1.165, 1.54) is 0 Å². The van der Waals surface area contributed by atoms with Crippen LogP contribution < -0.4 is 0 Å². The first-order valence-corrected chi connectivity index (χ1v) is 237. The summed E-state index contributed by atoms with van der Waals surface area (Å²) in [5.74, 6) is 0. The molecule has 61 atom stereocenters. The minimum Gasteiger partial charge on any atom is -0.102 e. The van der Waals surface area contributed by atoms with Gasteiger partial charge in [0.2, 0.25) is 0 Å². The molecule has 0 aromatic heterocycles. The lowest BCUT2D eigenvalue weighted by Crippen LogP contribution is -1.78. The van der Waals surface area contributed by atoms with Gasteiger partial charge in [-0.25, -0.2) is 0 Å². The molecule has 0 saturated heterocycles. The minimum absolute atomic E-state index is 0.492. The maximum absolute atomic E-state index is 4.99. The van der Waals surface area contributed by atoms with Crippen molar-refractivity contribution in [2.75, 3.05) is 0 Å². The summed E-state index contributed by atoms with van der Waals surface area (Å²) >= 11 is 0. The van der Waals surface area contributed by atoms with Gasteiger partial charge in [0.15, 0.2) is 0 Å². The molecule has 0 aliphatic carbocycles. The molecule has 0 aliphatic rings. The van der Waals surface area contributed by atoms with Crippen molar-refractivity contribution >= 4 is 925 Å². The standard InChI is InChI=1S/H116P116/c1-60(2)89(59)104(90(61(3)4)62(5)6)111(103(87(55)56)88(57)58)115(112(105(91(63(7)8)64(9)10)92(65(11)12)66(13)14)106(93(67(15)16)68(17)18)94(69(19)20)70(21)22)116(113(107(95(71(23)24)72(25)26)96(73(27)28)74(29)30)108(97(75(31)32)76(33)34)98(77(35)36)78(37)38)114(109(99(79(39)40)80(41)42)100(81(43)44)82(45)46)110(101(83(47)48)84(49)50)102(85(51)52)86(53)54/h1-2H,3-59H2. The summed E-state index contributed by atoms with van der Waals surface area (Å²) < 4.78 is 0. The Kier molecular flexibility index (Phi) is 130. The third-order valence-electron chi connectivity index (χ3n) is 10.3. The average molecular weight is 3710 g/mol. The Bertz CT molecular complexity index is 2020. The fourth-order valence-electron chi connectivity index (χ4n) is 7.15. The molecule has 116 heavy (non-hydrogen) atoms. The largest absolute Gasteiger partial charge is 0.102 e. The van der Waals surface area contributed by atoms with E-state index in [4.69, 9.17) is 17.9 Å². The average Bonchev–Trinajstić information content (AvgIpc) is 0.702. The van der Waals surface area contributed by atoms with Crippen molar-refractivity contribution in [1.29, 1.82) is 0 Å². The van der Waals surface area contributed by atoms with Gasteiger partial charge in [-0.15, -0.1) is 509 Å². The van der Waals surface area contributed by atoms with Crippen LogP contribution in [-0.4, -0.2) is 0 Å². The van der Waals surface area contributed by atoms with Gasteiger partial charge in [0.1, 0.15) is 0 Å². The van der Waals surface area contributed by atoms with Crippen molar-refractivity contribution in [2.24, 2.45) is 0 Å². The molecule has 2 radical (unpaired) electrons. The van der Waals surface area contributed by atoms with Gasteiger partial charge in [-0.3, -0.25) is 0 Å². The molecular formula is H116P116. The smallest absolute Gasteiger partial charge is 0.000000185 e. The first-order chi connectivity index (χ1) is 52.7. The zero-order valence-electron chi connectivity index (χ0n) is 59.4. The second-order valence-corrected chi connectivity index (χ2v) is 500. The Morgan fingerprint density at radius 2 is 0.129 bits per heavy atom. The predicted octanol–water partition coefficient (Wildman–Crippen LogP) is 68.8. The minimum atomic E-state index is -0.804. The maximum Gasteiger partial charge on any atom is -0.000000185 e.